The quantitative estimate of drug-likeness (QED) is 0.667. The molecule has 3 saturated heterocycles. The Hall–Kier alpha value is -2.21. The van der Waals surface area contributed by atoms with Gasteiger partial charge in [-0.1, -0.05) is 12.1 Å². The molecule has 2 aromatic heterocycles. The van der Waals surface area contributed by atoms with Gasteiger partial charge in [0.15, 0.2) is 0 Å². The highest BCUT2D eigenvalue weighted by molar-refractivity contribution is 7.15. The molecule has 3 aliphatic heterocycles. The van der Waals surface area contributed by atoms with Crippen molar-refractivity contribution in [2.45, 2.75) is 39.3 Å². The molecule has 6 rings (SSSR count). The molecule has 3 fully saturated rings. The highest BCUT2D eigenvalue weighted by Gasteiger charge is 2.33. The monoisotopic (exact) mass is 419 g/mol. The first-order valence-corrected chi connectivity index (χ1v) is 11.7. The summed E-state index contributed by atoms with van der Waals surface area (Å²) in [5, 5.41) is 3.76. The van der Waals surface area contributed by atoms with Gasteiger partial charge in [0.05, 0.1) is 5.69 Å². The van der Waals surface area contributed by atoms with Crippen molar-refractivity contribution in [1.82, 2.24) is 14.8 Å². The lowest BCUT2D eigenvalue weighted by molar-refractivity contribution is 0.0720. The van der Waals surface area contributed by atoms with E-state index in [1.165, 1.54) is 41.2 Å². The molecule has 0 spiro atoms. The van der Waals surface area contributed by atoms with E-state index in [0.29, 0.717) is 6.04 Å². The van der Waals surface area contributed by atoms with Gasteiger partial charge in [-0.15, -0.1) is 11.3 Å². The van der Waals surface area contributed by atoms with Crippen LogP contribution >= 0.6 is 11.3 Å². The minimum absolute atomic E-state index is 0.0180. The van der Waals surface area contributed by atoms with Crippen molar-refractivity contribution >= 4 is 11.3 Å². The van der Waals surface area contributed by atoms with Gasteiger partial charge in [0.2, 0.25) is 0 Å². The van der Waals surface area contributed by atoms with Crippen molar-refractivity contribution in [3.63, 3.8) is 0 Å². The van der Waals surface area contributed by atoms with Crippen molar-refractivity contribution in [3.8, 4) is 16.1 Å². The first kappa shape index (κ1) is 19.7. The second kappa shape index (κ2) is 8.14. The number of rotatable bonds is 5. The average Bonchev–Trinajstić information content (AvgIpc) is 3.20. The zero-order valence-corrected chi connectivity index (χ0v) is 18.5. The van der Waals surface area contributed by atoms with Gasteiger partial charge in [-0.05, 0) is 86.7 Å². The molecule has 0 saturated carbocycles. The molecular formula is C25H29N3OS. The fourth-order valence-corrected chi connectivity index (χ4v) is 5.80. The number of piperidine rings is 3. The molecule has 0 aliphatic carbocycles. The summed E-state index contributed by atoms with van der Waals surface area (Å²) in [6, 6.07) is 14.9. The molecule has 5 heteroatoms. The zero-order chi connectivity index (χ0) is 20.7. The Morgan fingerprint density at radius 2 is 1.90 bits per heavy atom. The van der Waals surface area contributed by atoms with Crippen LogP contribution in [0, 0.1) is 19.8 Å². The number of benzene rings is 1. The van der Waals surface area contributed by atoms with E-state index in [1.807, 2.05) is 12.3 Å². The Bertz CT molecular complexity index is 1110. The third-order valence-corrected chi connectivity index (χ3v) is 7.73. The van der Waals surface area contributed by atoms with E-state index in [4.69, 9.17) is 0 Å². The average molecular weight is 420 g/mol. The molecule has 4 nitrogen and oxygen atoms in total. The van der Waals surface area contributed by atoms with Gasteiger partial charge in [-0.3, -0.25) is 9.36 Å². The standard InChI is InChI=1S/C25H29N3OS/c1-17-13-21(24-7-3-18(2)30-24)5-6-23(17)28-15-19(4-8-25(28)29)14-26-22-16-27-11-9-20(22)10-12-27/h3-8,13,15,20,22,26H,9-12,14,16H2,1-2H3. The maximum Gasteiger partial charge on any atom is 0.255 e. The Kier molecular flexibility index (Phi) is 5.35. The molecule has 0 amide bonds. The van der Waals surface area contributed by atoms with E-state index in [-0.39, 0.29) is 5.56 Å². The predicted molar refractivity (Wildman–Crippen MR) is 125 cm³/mol. The molecule has 30 heavy (non-hydrogen) atoms. The lowest BCUT2D eigenvalue weighted by Crippen LogP contribution is -2.55. The number of nitrogens with zero attached hydrogens (tertiary/aromatic N) is 2. The van der Waals surface area contributed by atoms with Crippen LogP contribution in [0.25, 0.3) is 16.1 Å². The minimum Gasteiger partial charge on any atom is -0.308 e. The van der Waals surface area contributed by atoms with Gasteiger partial charge >= 0.3 is 0 Å². The molecule has 156 valence electrons. The van der Waals surface area contributed by atoms with E-state index in [1.54, 1.807) is 22.0 Å². The number of pyridine rings is 1. The van der Waals surface area contributed by atoms with Crippen LogP contribution in [0.4, 0.5) is 0 Å². The Morgan fingerprint density at radius 3 is 2.57 bits per heavy atom. The van der Waals surface area contributed by atoms with Crippen LogP contribution < -0.4 is 10.9 Å². The zero-order valence-electron chi connectivity index (χ0n) is 17.7. The van der Waals surface area contributed by atoms with Crippen LogP contribution in [-0.4, -0.2) is 35.1 Å². The first-order valence-electron chi connectivity index (χ1n) is 10.9. The topological polar surface area (TPSA) is 37.3 Å². The van der Waals surface area contributed by atoms with Crippen LogP contribution in [0.2, 0.25) is 0 Å². The van der Waals surface area contributed by atoms with Crippen LogP contribution in [0.15, 0.2) is 53.5 Å². The van der Waals surface area contributed by atoms with Crippen molar-refractivity contribution in [3.05, 3.63) is 75.0 Å². The molecule has 3 aromatic rings. The molecular weight excluding hydrogens is 390 g/mol. The summed E-state index contributed by atoms with van der Waals surface area (Å²) in [6.07, 6.45) is 4.63. The number of aryl methyl sites for hydroxylation is 2. The molecule has 1 atom stereocenters. The Balaban J connectivity index is 1.36. The molecule has 1 N–H and O–H groups in total. The SMILES string of the molecule is Cc1ccc(-c2ccc(-n3cc(CNC4CN5CCC4CC5)ccc3=O)c(C)c2)s1. The highest BCUT2D eigenvalue weighted by atomic mass is 32.1. The summed E-state index contributed by atoms with van der Waals surface area (Å²) in [5.41, 5.74) is 4.46. The number of aromatic nitrogens is 1. The minimum atomic E-state index is 0.0180. The fraction of sp³-hybridized carbons (Fsp3) is 0.400. The summed E-state index contributed by atoms with van der Waals surface area (Å²) < 4.78 is 1.80. The van der Waals surface area contributed by atoms with Crippen LogP contribution in [0.5, 0.6) is 0 Å². The lowest BCUT2D eigenvalue weighted by atomic mass is 9.84. The van der Waals surface area contributed by atoms with E-state index in [9.17, 15) is 4.79 Å². The Labute approximate surface area is 182 Å². The highest BCUT2D eigenvalue weighted by Crippen LogP contribution is 2.30. The molecule has 5 heterocycles. The summed E-state index contributed by atoms with van der Waals surface area (Å²) in [7, 11) is 0. The predicted octanol–water partition coefficient (Wildman–Crippen LogP) is 4.37. The largest absolute Gasteiger partial charge is 0.308 e. The van der Waals surface area contributed by atoms with Gasteiger partial charge in [0.1, 0.15) is 0 Å². The summed E-state index contributed by atoms with van der Waals surface area (Å²) in [6.45, 7) is 8.70. The number of nitrogens with one attached hydrogen (secondary N) is 1. The van der Waals surface area contributed by atoms with Gasteiger partial charge in [0, 0.05) is 41.1 Å². The van der Waals surface area contributed by atoms with Crippen LogP contribution in [0.1, 0.15) is 28.8 Å². The van der Waals surface area contributed by atoms with Crippen molar-refractivity contribution in [2.24, 2.45) is 5.92 Å². The first-order chi connectivity index (χ1) is 14.6. The van der Waals surface area contributed by atoms with Gasteiger partial charge in [-0.2, -0.15) is 0 Å². The van der Waals surface area contributed by atoms with Gasteiger partial charge < -0.3 is 10.2 Å². The molecule has 3 aliphatic rings. The van der Waals surface area contributed by atoms with Gasteiger partial charge in [0.25, 0.3) is 5.56 Å². The Morgan fingerprint density at radius 1 is 1.07 bits per heavy atom. The number of fused-ring (bicyclic) bond motifs is 3. The molecule has 0 radical (unpaired) electrons. The normalized spacial score (nSPS) is 23.1. The van der Waals surface area contributed by atoms with Crippen molar-refractivity contribution < 1.29 is 0 Å². The summed E-state index contributed by atoms with van der Waals surface area (Å²) in [5.74, 6) is 0.802. The molecule has 1 unspecified atom stereocenters. The van der Waals surface area contributed by atoms with Gasteiger partial charge in [-0.25, -0.2) is 0 Å². The lowest BCUT2D eigenvalue weighted by Gasteiger charge is -2.45. The number of thiophene rings is 1. The number of hydrogen-bond acceptors (Lipinski definition) is 4. The third-order valence-electron chi connectivity index (χ3n) is 6.68. The summed E-state index contributed by atoms with van der Waals surface area (Å²) in [4.78, 5) is 17.8. The van der Waals surface area contributed by atoms with E-state index in [2.05, 4.69) is 54.4 Å². The maximum atomic E-state index is 12.6. The second-order valence-corrected chi connectivity index (χ2v) is 10.1. The third kappa shape index (κ3) is 3.89. The van der Waals surface area contributed by atoms with E-state index >= 15 is 0 Å². The maximum absolute atomic E-state index is 12.6. The van der Waals surface area contributed by atoms with E-state index < -0.39 is 0 Å². The fourth-order valence-electron chi connectivity index (χ4n) is 4.94. The van der Waals surface area contributed by atoms with Crippen LogP contribution in [0.3, 0.4) is 0 Å². The number of hydrogen-bond donors (Lipinski definition) is 1. The van der Waals surface area contributed by atoms with Crippen LogP contribution in [-0.2, 0) is 6.54 Å². The smallest absolute Gasteiger partial charge is 0.255 e. The van der Waals surface area contributed by atoms with Crippen molar-refractivity contribution in [2.75, 3.05) is 19.6 Å². The molecule has 2 bridgehead atoms. The van der Waals surface area contributed by atoms with E-state index in [0.717, 1.165) is 35.8 Å². The second-order valence-electron chi connectivity index (χ2n) is 8.78. The molecule has 1 aromatic carbocycles. The summed E-state index contributed by atoms with van der Waals surface area (Å²) >= 11 is 1.80. The van der Waals surface area contributed by atoms with Crippen molar-refractivity contribution in [1.29, 1.82) is 0 Å².